The number of anilines is 1. The van der Waals surface area contributed by atoms with Crippen LogP contribution >= 0.6 is 0 Å². The largest absolute Gasteiger partial charge is 0.508 e. The van der Waals surface area contributed by atoms with Gasteiger partial charge in [0.1, 0.15) is 5.75 Å². The van der Waals surface area contributed by atoms with Crippen molar-refractivity contribution in [2.75, 3.05) is 25.1 Å². The van der Waals surface area contributed by atoms with Gasteiger partial charge < -0.3 is 20.1 Å². The van der Waals surface area contributed by atoms with Crippen molar-refractivity contribution in [1.29, 1.82) is 0 Å². The first-order chi connectivity index (χ1) is 9.58. The molecule has 1 aromatic carbocycles. The van der Waals surface area contributed by atoms with Gasteiger partial charge in [0.25, 0.3) is 0 Å². The van der Waals surface area contributed by atoms with Crippen molar-refractivity contribution in [1.82, 2.24) is 5.32 Å². The van der Waals surface area contributed by atoms with Gasteiger partial charge >= 0.3 is 11.8 Å². The van der Waals surface area contributed by atoms with Crippen molar-refractivity contribution in [2.24, 2.45) is 0 Å². The van der Waals surface area contributed by atoms with E-state index in [1.807, 2.05) is 0 Å². The fourth-order valence-corrected chi connectivity index (χ4v) is 2.03. The number of nitrogens with one attached hydrogen (secondary N) is 1. The Bertz CT molecular complexity index is 480. The monoisotopic (exact) mass is 278 g/mol. The molecule has 20 heavy (non-hydrogen) atoms. The minimum atomic E-state index is -0.656. The van der Waals surface area contributed by atoms with Crippen LogP contribution in [0.3, 0.4) is 0 Å². The predicted molar refractivity (Wildman–Crippen MR) is 73.5 cm³/mol. The van der Waals surface area contributed by atoms with E-state index in [0.717, 1.165) is 12.8 Å². The zero-order chi connectivity index (χ0) is 14.5. The summed E-state index contributed by atoms with van der Waals surface area (Å²) in [6.45, 7) is 1.07. The molecule has 0 aromatic heterocycles. The standard InChI is InChI=1S/C14H18N2O4/c1-16(10-4-6-11(17)7-5-10)14(19)13(18)15-9-12-3-2-8-20-12/h4-7,12,17H,2-3,8-9H2,1H3,(H,15,18). The molecule has 2 rings (SSSR count). The Morgan fingerprint density at radius 1 is 1.40 bits per heavy atom. The van der Waals surface area contributed by atoms with Gasteiger partial charge in [-0.3, -0.25) is 9.59 Å². The minimum absolute atomic E-state index is 0.00530. The number of carbonyl (C=O) groups excluding carboxylic acids is 2. The number of amides is 2. The molecule has 1 aliphatic heterocycles. The summed E-state index contributed by atoms with van der Waals surface area (Å²) in [6, 6.07) is 6.06. The van der Waals surface area contributed by atoms with Gasteiger partial charge in [0.2, 0.25) is 0 Å². The summed E-state index contributed by atoms with van der Waals surface area (Å²) in [5.74, 6) is -1.19. The van der Waals surface area contributed by atoms with Gasteiger partial charge in [-0.25, -0.2) is 0 Å². The number of rotatable bonds is 3. The Hall–Kier alpha value is -2.08. The van der Waals surface area contributed by atoms with E-state index in [9.17, 15) is 14.7 Å². The molecule has 0 radical (unpaired) electrons. The molecule has 1 atom stereocenters. The summed E-state index contributed by atoms with van der Waals surface area (Å²) in [5, 5.41) is 11.8. The maximum Gasteiger partial charge on any atom is 0.316 e. The van der Waals surface area contributed by atoms with E-state index in [0.29, 0.717) is 18.8 Å². The van der Waals surface area contributed by atoms with Crippen LogP contribution in [0, 0.1) is 0 Å². The van der Waals surface area contributed by atoms with Gasteiger partial charge in [0.05, 0.1) is 6.10 Å². The molecule has 2 N–H and O–H groups in total. The SMILES string of the molecule is CN(C(=O)C(=O)NCC1CCCO1)c1ccc(O)cc1. The second-order valence-electron chi connectivity index (χ2n) is 4.73. The number of phenols is 1. The molecule has 1 saturated heterocycles. The van der Waals surface area contributed by atoms with Crippen molar-refractivity contribution in [3.63, 3.8) is 0 Å². The molecule has 0 aliphatic carbocycles. The summed E-state index contributed by atoms with van der Waals surface area (Å²) < 4.78 is 5.37. The molecule has 0 bridgehead atoms. The van der Waals surface area contributed by atoms with Crippen molar-refractivity contribution < 1.29 is 19.4 Å². The third-order valence-corrected chi connectivity index (χ3v) is 3.25. The number of phenolic OH excluding ortho intramolecular Hbond substituents is 1. The van der Waals surface area contributed by atoms with Crippen LogP contribution in [-0.4, -0.2) is 43.2 Å². The number of nitrogens with zero attached hydrogens (tertiary/aromatic N) is 1. The number of benzene rings is 1. The molecule has 1 heterocycles. The average molecular weight is 278 g/mol. The van der Waals surface area contributed by atoms with Crippen molar-refractivity contribution in [3.05, 3.63) is 24.3 Å². The first-order valence-corrected chi connectivity index (χ1v) is 6.54. The van der Waals surface area contributed by atoms with E-state index in [4.69, 9.17) is 4.74 Å². The minimum Gasteiger partial charge on any atom is -0.508 e. The first-order valence-electron chi connectivity index (χ1n) is 6.54. The van der Waals surface area contributed by atoms with Crippen LogP contribution < -0.4 is 10.2 Å². The number of likely N-dealkylation sites (N-methyl/N-ethyl adjacent to an activating group) is 1. The van der Waals surface area contributed by atoms with E-state index < -0.39 is 11.8 Å². The third kappa shape index (κ3) is 3.48. The first kappa shape index (κ1) is 14.3. The van der Waals surface area contributed by atoms with Crippen LogP contribution in [0.1, 0.15) is 12.8 Å². The van der Waals surface area contributed by atoms with E-state index in [1.54, 1.807) is 12.1 Å². The molecule has 6 nitrogen and oxygen atoms in total. The fourth-order valence-electron chi connectivity index (χ4n) is 2.03. The molecule has 108 valence electrons. The maximum atomic E-state index is 11.9. The lowest BCUT2D eigenvalue weighted by Gasteiger charge is -2.17. The zero-order valence-electron chi connectivity index (χ0n) is 11.3. The summed E-state index contributed by atoms with van der Waals surface area (Å²) in [6.07, 6.45) is 1.90. The molecule has 0 saturated carbocycles. The van der Waals surface area contributed by atoms with E-state index in [-0.39, 0.29) is 11.9 Å². The highest BCUT2D eigenvalue weighted by Crippen LogP contribution is 2.17. The molecular weight excluding hydrogens is 260 g/mol. The van der Waals surface area contributed by atoms with Gasteiger partial charge in [-0.15, -0.1) is 0 Å². The molecule has 1 fully saturated rings. The third-order valence-electron chi connectivity index (χ3n) is 3.25. The lowest BCUT2D eigenvalue weighted by molar-refractivity contribution is -0.137. The zero-order valence-corrected chi connectivity index (χ0v) is 11.3. The molecule has 1 unspecified atom stereocenters. The number of hydrogen-bond acceptors (Lipinski definition) is 4. The van der Waals surface area contributed by atoms with Gasteiger partial charge in [-0.1, -0.05) is 0 Å². The van der Waals surface area contributed by atoms with Crippen LogP contribution in [-0.2, 0) is 14.3 Å². The molecule has 2 amide bonds. The van der Waals surface area contributed by atoms with Gasteiger partial charge in [0, 0.05) is 25.9 Å². The average Bonchev–Trinajstić information content (AvgIpc) is 2.97. The van der Waals surface area contributed by atoms with E-state index in [2.05, 4.69) is 5.32 Å². The number of carbonyl (C=O) groups is 2. The van der Waals surface area contributed by atoms with Gasteiger partial charge in [-0.05, 0) is 37.1 Å². The van der Waals surface area contributed by atoms with Crippen molar-refractivity contribution >= 4 is 17.5 Å². The lowest BCUT2D eigenvalue weighted by Crippen LogP contribution is -2.43. The Morgan fingerprint density at radius 3 is 2.70 bits per heavy atom. The highest BCUT2D eigenvalue weighted by molar-refractivity contribution is 6.40. The predicted octanol–water partition coefficient (Wildman–Crippen LogP) is 0.650. The topological polar surface area (TPSA) is 78.9 Å². The fraction of sp³-hybridized carbons (Fsp3) is 0.429. The van der Waals surface area contributed by atoms with Crippen molar-refractivity contribution in [3.8, 4) is 5.75 Å². The Balaban J connectivity index is 1.88. The van der Waals surface area contributed by atoms with E-state index in [1.165, 1.54) is 24.1 Å². The van der Waals surface area contributed by atoms with Crippen LogP contribution in [0.2, 0.25) is 0 Å². The molecule has 6 heteroatoms. The summed E-state index contributed by atoms with van der Waals surface area (Å²) in [4.78, 5) is 25.0. The second kappa shape index (κ2) is 6.38. The lowest BCUT2D eigenvalue weighted by atomic mass is 10.2. The molecule has 1 aliphatic rings. The maximum absolute atomic E-state index is 11.9. The van der Waals surface area contributed by atoms with Crippen LogP contribution in [0.15, 0.2) is 24.3 Å². The summed E-state index contributed by atoms with van der Waals surface area (Å²) in [5.41, 5.74) is 0.542. The molecule has 0 spiro atoms. The van der Waals surface area contributed by atoms with Crippen LogP contribution in [0.5, 0.6) is 5.75 Å². The molecule has 1 aromatic rings. The van der Waals surface area contributed by atoms with Crippen LogP contribution in [0.4, 0.5) is 5.69 Å². The quantitative estimate of drug-likeness (QED) is 0.796. The Kier molecular flexibility index (Phi) is 4.57. The highest BCUT2D eigenvalue weighted by atomic mass is 16.5. The summed E-state index contributed by atoms with van der Waals surface area (Å²) in [7, 11) is 1.51. The number of ether oxygens (including phenoxy) is 1. The van der Waals surface area contributed by atoms with Gasteiger partial charge in [0.15, 0.2) is 0 Å². The Labute approximate surface area is 117 Å². The number of aromatic hydroxyl groups is 1. The smallest absolute Gasteiger partial charge is 0.316 e. The molecular formula is C14H18N2O4. The highest BCUT2D eigenvalue weighted by Gasteiger charge is 2.22. The van der Waals surface area contributed by atoms with Crippen molar-refractivity contribution in [2.45, 2.75) is 18.9 Å². The van der Waals surface area contributed by atoms with E-state index >= 15 is 0 Å². The van der Waals surface area contributed by atoms with Crippen LogP contribution in [0.25, 0.3) is 0 Å². The second-order valence-corrected chi connectivity index (χ2v) is 4.73. The Morgan fingerprint density at radius 2 is 2.10 bits per heavy atom. The van der Waals surface area contributed by atoms with Gasteiger partial charge in [-0.2, -0.15) is 0 Å². The normalized spacial score (nSPS) is 17.8. The number of hydrogen-bond donors (Lipinski definition) is 2. The summed E-state index contributed by atoms with van der Waals surface area (Å²) >= 11 is 0.